The van der Waals surface area contributed by atoms with Crippen LogP contribution in [0.5, 0.6) is 0 Å². The monoisotopic (exact) mass is 375 g/mol. The number of nitrogens with one attached hydrogen (secondary N) is 1. The van der Waals surface area contributed by atoms with Gasteiger partial charge in [-0.05, 0) is 64.8 Å². The summed E-state index contributed by atoms with van der Waals surface area (Å²) >= 11 is 15.6. The second-order valence-corrected chi connectivity index (χ2v) is 6.09. The van der Waals surface area contributed by atoms with E-state index in [9.17, 15) is 4.39 Å². The van der Waals surface area contributed by atoms with Crippen molar-refractivity contribution < 1.29 is 4.39 Å². The maximum Gasteiger partial charge on any atom is 0.137 e. The topological polar surface area (TPSA) is 12.0 Å². The highest BCUT2D eigenvalue weighted by atomic mass is 79.9. The number of hydrogen-bond acceptors (Lipinski definition) is 1. The fourth-order valence-corrected chi connectivity index (χ4v) is 3.00. The van der Waals surface area contributed by atoms with Gasteiger partial charge in [-0.25, -0.2) is 4.39 Å². The fourth-order valence-electron chi connectivity index (χ4n) is 2.05. The molecule has 5 heteroatoms. The molecule has 0 saturated heterocycles. The Morgan fingerprint density at radius 3 is 2.40 bits per heavy atom. The SMILES string of the molecule is CNC(Cc1c(Cl)cccc1Cl)c1ccc(F)c(Br)c1. The Morgan fingerprint density at radius 2 is 1.85 bits per heavy atom. The predicted molar refractivity (Wildman–Crippen MR) is 86.1 cm³/mol. The lowest BCUT2D eigenvalue weighted by molar-refractivity contribution is 0.584. The summed E-state index contributed by atoms with van der Waals surface area (Å²) in [5.74, 6) is -0.278. The minimum atomic E-state index is -0.278. The normalized spacial score (nSPS) is 12.4. The summed E-state index contributed by atoms with van der Waals surface area (Å²) in [6, 6.07) is 10.4. The van der Waals surface area contributed by atoms with Gasteiger partial charge >= 0.3 is 0 Å². The Balaban J connectivity index is 2.31. The van der Waals surface area contributed by atoms with E-state index in [-0.39, 0.29) is 11.9 Å². The molecule has 106 valence electrons. The first kappa shape index (κ1) is 15.8. The van der Waals surface area contributed by atoms with Gasteiger partial charge in [0.05, 0.1) is 4.47 Å². The quantitative estimate of drug-likeness (QED) is 0.753. The van der Waals surface area contributed by atoms with Gasteiger partial charge in [-0.3, -0.25) is 0 Å². The van der Waals surface area contributed by atoms with Gasteiger partial charge in [-0.1, -0.05) is 35.3 Å². The average molecular weight is 377 g/mol. The van der Waals surface area contributed by atoms with Crippen LogP contribution in [-0.4, -0.2) is 7.05 Å². The highest BCUT2D eigenvalue weighted by Gasteiger charge is 2.15. The van der Waals surface area contributed by atoms with E-state index < -0.39 is 0 Å². The maximum atomic E-state index is 13.3. The van der Waals surface area contributed by atoms with E-state index in [0.717, 1.165) is 11.1 Å². The molecule has 2 rings (SSSR count). The van der Waals surface area contributed by atoms with Crippen molar-refractivity contribution in [3.8, 4) is 0 Å². The summed E-state index contributed by atoms with van der Waals surface area (Å²) < 4.78 is 13.8. The summed E-state index contributed by atoms with van der Waals surface area (Å²) in [4.78, 5) is 0. The van der Waals surface area contributed by atoms with Crippen LogP contribution >= 0.6 is 39.1 Å². The van der Waals surface area contributed by atoms with Crippen LogP contribution in [-0.2, 0) is 6.42 Å². The van der Waals surface area contributed by atoms with Crippen molar-refractivity contribution in [1.29, 1.82) is 0 Å². The first-order chi connectivity index (χ1) is 9.52. The molecule has 1 unspecified atom stereocenters. The second-order valence-electron chi connectivity index (χ2n) is 4.42. The van der Waals surface area contributed by atoms with Crippen LogP contribution < -0.4 is 5.32 Å². The van der Waals surface area contributed by atoms with E-state index in [1.807, 2.05) is 25.2 Å². The van der Waals surface area contributed by atoms with Gasteiger partial charge in [0.15, 0.2) is 0 Å². The highest BCUT2D eigenvalue weighted by Crippen LogP contribution is 2.30. The molecule has 0 radical (unpaired) electrons. The molecule has 0 heterocycles. The molecular weight excluding hydrogens is 364 g/mol. The minimum Gasteiger partial charge on any atom is -0.313 e. The van der Waals surface area contributed by atoms with Crippen LogP contribution in [0.25, 0.3) is 0 Å². The molecule has 2 aromatic rings. The number of rotatable bonds is 4. The van der Waals surface area contributed by atoms with Gasteiger partial charge in [0.2, 0.25) is 0 Å². The van der Waals surface area contributed by atoms with E-state index in [1.54, 1.807) is 12.1 Å². The minimum absolute atomic E-state index is 0.00398. The lowest BCUT2D eigenvalue weighted by Gasteiger charge is -2.19. The number of benzene rings is 2. The second kappa shape index (κ2) is 6.90. The van der Waals surface area contributed by atoms with Crippen LogP contribution in [0.3, 0.4) is 0 Å². The standard InChI is InChI=1S/C15H13BrCl2FN/c1-20-15(9-5-6-14(19)11(16)7-9)8-10-12(17)3-2-4-13(10)18/h2-7,15,20H,8H2,1H3. The molecule has 0 aliphatic rings. The van der Waals surface area contributed by atoms with Gasteiger partial charge in [-0.2, -0.15) is 0 Å². The maximum absolute atomic E-state index is 13.3. The molecule has 0 bridgehead atoms. The van der Waals surface area contributed by atoms with Crippen LogP contribution in [0.1, 0.15) is 17.2 Å². The van der Waals surface area contributed by atoms with E-state index >= 15 is 0 Å². The average Bonchev–Trinajstić information content (AvgIpc) is 2.42. The van der Waals surface area contributed by atoms with E-state index in [2.05, 4.69) is 21.2 Å². The first-order valence-electron chi connectivity index (χ1n) is 6.08. The van der Waals surface area contributed by atoms with Crippen molar-refractivity contribution in [3.63, 3.8) is 0 Å². The molecular formula is C15H13BrCl2FN. The Labute approximate surface area is 136 Å². The van der Waals surface area contributed by atoms with Gasteiger partial charge < -0.3 is 5.32 Å². The molecule has 0 aromatic heterocycles. The largest absolute Gasteiger partial charge is 0.313 e. The van der Waals surface area contributed by atoms with Gasteiger partial charge in [0, 0.05) is 16.1 Å². The summed E-state index contributed by atoms with van der Waals surface area (Å²) in [5.41, 5.74) is 1.85. The fraction of sp³-hybridized carbons (Fsp3) is 0.200. The summed E-state index contributed by atoms with van der Waals surface area (Å²) in [5, 5.41) is 4.48. The number of hydrogen-bond donors (Lipinski definition) is 1. The Kier molecular flexibility index (Phi) is 5.44. The first-order valence-corrected chi connectivity index (χ1v) is 7.63. The smallest absolute Gasteiger partial charge is 0.137 e. The van der Waals surface area contributed by atoms with Gasteiger partial charge in [-0.15, -0.1) is 0 Å². The van der Waals surface area contributed by atoms with Crippen LogP contribution in [0, 0.1) is 5.82 Å². The third-order valence-electron chi connectivity index (χ3n) is 3.16. The zero-order chi connectivity index (χ0) is 14.7. The molecule has 2 aromatic carbocycles. The van der Waals surface area contributed by atoms with Crippen molar-refractivity contribution in [2.24, 2.45) is 0 Å². The lowest BCUT2D eigenvalue weighted by atomic mass is 9.99. The van der Waals surface area contributed by atoms with E-state index in [0.29, 0.717) is 20.9 Å². The zero-order valence-electron chi connectivity index (χ0n) is 10.8. The molecule has 1 N–H and O–H groups in total. The van der Waals surface area contributed by atoms with E-state index in [1.165, 1.54) is 6.07 Å². The highest BCUT2D eigenvalue weighted by molar-refractivity contribution is 9.10. The lowest BCUT2D eigenvalue weighted by Crippen LogP contribution is -2.19. The Bertz CT molecular complexity index is 599. The molecule has 0 aliphatic heterocycles. The summed E-state index contributed by atoms with van der Waals surface area (Å²) in [6.07, 6.45) is 0.632. The predicted octanol–water partition coefficient (Wildman–Crippen LogP) is 5.40. The Hall–Kier alpha value is -0.610. The van der Waals surface area contributed by atoms with Gasteiger partial charge in [0.25, 0.3) is 0 Å². The summed E-state index contributed by atoms with van der Waals surface area (Å²) in [7, 11) is 1.85. The van der Waals surface area contributed by atoms with Crippen molar-refractivity contribution in [1.82, 2.24) is 5.32 Å². The van der Waals surface area contributed by atoms with Crippen molar-refractivity contribution in [2.45, 2.75) is 12.5 Å². The van der Waals surface area contributed by atoms with Crippen molar-refractivity contribution in [2.75, 3.05) is 7.05 Å². The molecule has 1 nitrogen and oxygen atoms in total. The van der Waals surface area contributed by atoms with Crippen LogP contribution in [0.2, 0.25) is 10.0 Å². The molecule has 0 spiro atoms. The van der Waals surface area contributed by atoms with Crippen LogP contribution in [0.15, 0.2) is 40.9 Å². The molecule has 0 aliphatic carbocycles. The third-order valence-corrected chi connectivity index (χ3v) is 4.48. The van der Waals surface area contributed by atoms with Crippen molar-refractivity contribution >= 4 is 39.1 Å². The third kappa shape index (κ3) is 3.53. The number of likely N-dealkylation sites (N-methyl/N-ethyl adjacent to an activating group) is 1. The molecule has 0 fully saturated rings. The molecule has 20 heavy (non-hydrogen) atoms. The zero-order valence-corrected chi connectivity index (χ0v) is 13.9. The molecule has 0 amide bonds. The Morgan fingerprint density at radius 1 is 1.20 bits per heavy atom. The molecule has 0 saturated carbocycles. The van der Waals surface area contributed by atoms with Crippen molar-refractivity contribution in [3.05, 3.63) is 67.9 Å². The summed E-state index contributed by atoms with van der Waals surface area (Å²) in [6.45, 7) is 0. The van der Waals surface area contributed by atoms with Gasteiger partial charge in [0.1, 0.15) is 5.82 Å². The van der Waals surface area contributed by atoms with E-state index in [4.69, 9.17) is 23.2 Å². The van der Waals surface area contributed by atoms with Crippen LogP contribution in [0.4, 0.5) is 4.39 Å². The number of halogens is 4. The molecule has 1 atom stereocenters.